The van der Waals surface area contributed by atoms with Gasteiger partial charge in [-0.05, 0) is 37.6 Å². The van der Waals surface area contributed by atoms with Crippen LogP contribution in [0.25, 0.3) is 5.69 Å². The van der Waals surface area contributed by atoms with E-state index in [9.17, 15) is 9.59 Å². The smallest absolute Gasteiger partial charge is 0.291 e. The standard InChI is InChI=1S/C19H19ClN6O2/c1-12-7-8-15(13(2)9-12)21-10-18(27)23-24-19(28)16-11-26(25-22-16)17-6-4-3-5-14(17)20/h3-9,11,21H,10H2,1-2H3,(H,23,27)(H,24,28). The van der Waals surface area contributed by atoms with E-state index >= 15 is 0 Å². The number of carbonyl (C=O) groups excluding carboxylic acids is 2. The Morgan fingerprint density at radius 3 is 2.64 bits per heavy atom. The van der Waals surface area contributed by atoms with E-state index in [0.29, 0.717) is 10.7 Å². The molecule has 0 bridgehead atoms. The zero-order valence-corrected chi connectivity index (χ0v) is 16.1. The molecule has 0 aliphatic rings. The summed E-state index contributed by atoms with van der Waals surface area (Å²) in [6.07, 6.45) is 1.43. The third-order valence-electron chi connectivity index (χ3n) is 3.96. The van der Waals surface area contributed by atoms with Crippen LogP contribution in [0.1, 0.15) is 21.6 Å². The molecule has 8 nitrogen and oxygen atoms in total. The van der Waals surface area contributed by atoms with Crippen LogP contribution < -0.4 is 16.2 Å². The molecule has 1 heterocycles. The number of hydrazine groups is 1. The van der Waals surface area contributed by atoms with Crippen LogP contribution in [-0.4, -0.2) is 33.4 Å². The van der Waals surface area contributed by atoms with Gasteiger partial charge in [0.25, 0.3) is 11.8 Å². The molecule has 0 radical (unpaired) electrons. The van der Waals surface area contributed by atoms with Gasteiger partial charge in [-0.1, -0.05) is 46.6 Å². The molecule has 2 aromatic carbocycles. The zero-order valence-electron chi connectivity index (χ0n) is 15.4. The Morgan fingerprint density at radius 2 is 1.89 bits per heavy atom. The Bertz CT molecular complexity index is 1020. The summed E-state index contributed by atoms with van der Waals surface area (Å²) in [5, 5.41) is 11.2. The number of halogens is 1. The van der Waals surface area contributed by atoms with E-state index in [1.54, 1.807) is 24.3 Å². The van der Waals surface area contributed by atoms with E-state index in [-0.39, 0.29) is 12.2 Å². The van der Waals surface area contributed by atoms with E-state index in [4.69, 9.17) is 11.6 Å². The molecule has 3 N–H and O–H groups in total. The van der Waals surface area contributed by atoms with Gasteiger partial charge in [0.2, 0.25) is 0 Å². The fourth-order valence-electron chi connectivity index (χ4n) is 2.55. The molecular formula is C19H19ClN6O2. The summed E-state index contributed by atoms with van der Waals surface area (Å²) in [5.41, 5.74) is 8.32. The molecule has 28 heavy (non-hydrogen) atoms. The van der Waals surface area contributed by atoms with Crippen LogP contribution in [0.15, 0.2) is 48.7 Å². The SMILES string of the molecule is Cc1ccc(NCC(=O)NNC(=O)c2cn(-c3ccccc3Cl)nn2)c(C)c1. The highest BCUT2D eigenvalue weighted by Gasteiger charge is 2.13. The van der Waals surface area contributed by atoms with E-state index in [2.05, 4.69) is 26.5 Å². The molecule has 0 fully saturated rings. The van der Waals surface area contributed by atoms with Gasteiger partial charge in [0.1, 0.15) is 0 Å². The largest absolute Gasteiger partial charge is 0.376 e. The third-order valence-corrected chi connectivity index (χ3v) is 4.28. The minimum Gasteiger partial charge on any atom is -0.376 e. The quantitative estimate of drug-likeness (QED) is 0.573. The van der Waals surface area contributed by atoms with Crippen LogP contribution in [0.2, 0.25) is 5.02 Å². The van der Waals surface area contributed by atoms with Gasteiger partial charge in [-0.15, -0.1) is 5.10 Å². The molecule has 9 heteroatoms. The lowest BCUT2D eigenvalue weighted by atomic mass is 10.1. The Morgan fingerprint density at radius 1 is 1.11 bits per heavy atom. The first kappa shape index (κ1) is 19.4. The number of carbonyl (C=O) groups is 2. The molecule has 3 rings (SSSR count). The summed E-state index contributed by atoms with van der Waals surface area (Å²) in [5.74, 6) is -0.981. The van der Waals surface area contributed by atoms with E-state index in [1.165, 1.54) is 10.9 Å². The van der Waals surface area contributed by atoms with Gasteiger partial charge in [0.15, 0.2) is 5.69 Å². The van der Waals surface area contributed by atoms with Crippen LogP contribution in [0.4, 0.5) is 5.69 Å². The van der Waals surface area contributed by atoms with Gasteiger partial charge in [-0.2, -0.15) is 0 Å². The summed E-state index contributed by atoms with van der Waals surface area (Å²) in [4.78, 5) is 24.1. The second-order valence-corrected chi connectivity index (χ2v) is 6.58. The van der Waals surface area contributed by atoms with Crippen molar-refractivity contribution >= 4 is 29.1 Å². The molecule has 0 aliphatic heterocycles. The first-order valence-electron chi connectivity index (χ1n) is 8.51. The monoisotopic (exact) mass is 398 g/mol. The minimum absolute atomic E-state index is 0.0104. The van der Waals surface area contributed by atoms with Crippen LogP contribution in [-0.2, 0) is 4.79 Å². The van der Waals surface area contributed by atoms with Gasteiger partial charge < -0.3 is 5.32 Å². The normalized spacial score (nSPS) is 10.4. The number of nitrogens with one attached hydrogen (secondary N) is 3. The number of anilines is 1. The van der Waals surface area contributed by atoms with Crippen molar-refractivity contribution in [2.24, 2.45) is 0 Å². The van der Waals surface area contributed by atoms with Gasteiger partial charge >= 0.3 is 0 Å². The van der Waals surface area contributed by atoms with Crippen LogP contribution in [0.5, 0.6) is 0 Å². The Kier molecular flexibility index (Phi) is 5.90. The van der Waals surface area contributed by atoms with Crippen molar-refractivity contribution in [2.45, 2.75) is 13.8 Å². The Labute approximate surface area is 166 Å². The van der Waals surface area contributed by atoms with Gasteiger partial charge in [-0.3, -0.25) is 20.4 Å². The number of aromatic nitrogens is 3. The molecule has 0 spiro atoms. The van der Waals surface area contributed by atoms with E-state index in [0.717, 1.165) is 16.8 Å². The van der Waals surface area contributed by atoms with Crippen molar-refractivity contribution < 1.29 is 9.59 Å². The molecule has 0 atom stereocenters. The van der Waals surface area contributed by atoms with Crippen molar-refractivity contribution in [3.8, 4) is 5.69 Å². The van der Waals surface area contributed by atoms with Gasteiger partial charge in [0.05, 0.1) is 23.5 Å². The predicted molar refractivity (Wildman–Crippen MR) is 106 cm³/mol. The van der Waals surface area contributed by atoms with Crippen LogP contribution in [0.3, 0.4) is 0 Å². The molecule has 0 saturated heterocycles. The summed E-state index contributed by atoms with van der Waals surface area (Å²) in [7, 11) is 0. The number of aryl methyl sites for hydroxylation is 2. The van der Waals surface area contributed by atoms with E-state index < -0.39 is 11.8 Å². The number of para-hydroxylation sites is 1. The maximum Gasteiger partial charge on any atom is 0.291 e. The van der Waals surface area contributed by atoms with Crippen molar-refractivity contribution in [1.82, 2.24) is 25.8 Å². The number of hydrogen-bond donors (Lipinski definition) is 3. The van der Waals surface area contributed by atoms with Crippen molar-refractivity contribution in [3.63, 3.8) is 0 Å². The second-order valence-electron chi connectivity index (χ2n) is 6.17. The summed E-state index contributed by atoms with van der Waals surface area (Å²) < 4.78 is 1.39. The Hall–Kier alpha value is -3.39. The highest BCUT2D eigenvalue weighted by Crippen LogP contribution is 2.18. The maximum absolute atomic E-state index is 12.1. The lowest BCUT2D eigenvalue weighted by molar-refractivity contribution is -0.120. The number of nitrogens with zero attached hydrogens (tertiary/aromatic N) is 3. The van der Waals surface area contributed by atoms with Gasteiger partial charge in [-0.25, -0.2) is 4.68 Å². The Balaban J connectivity index is 1.53. The van der Waals surface area contributed by atoms with Crippen molar-refractivity contribution in [2.75, 3.05) is 11.9 Å². The highest BCUT2D eigenvalue weighted by molar-refractivity contribution is 6.32. The number of hydrogen-bond acceptors (Lipinski definition) is 5. The number of amides is 2. The predicted octanol–water partition coefficient (Wildman–Crippen LogP) is 2.41. The average molecular weight is 399 g/mol. The molecule has 3 aromatic rings. The van der Waals surface area contributed by atoms with Crippen LogP contribution >= 0.6 is 11.6 Å². The molecular weight excluding hydrogens is 380 g/mol. The number of rotatable bonds is 5. The molecule has 2 amide bonds. The zero-order chi connectivity index (χ0) is 20.1. The molecule has 0 unspecified atom stereocenters. The fourth-order valence-corrected chi connectivity index (χ4v) is 2.77. The second kappa shape index (κ2) is 8.53. The molecule has 0 aliphatic carbocycles. The number of benzene rings is 2. The molecule has 1 aromatic heterocycles. The summed E-state index contributed by atoms with van der Waals surface area (Å²) in [6.45, 7) is 3.97. The fraction of sp³-hybridized carbons (Fsp3) is 0.158. The molecule has 0 saturated carbocycles. The molecule has 144 valence electrons. The van der Waals surface area contributed by atoms with Crippen LogP contribution in [0, 0.1) is 13.8 Å². The van der Waals surface area contributed by atoms with E-state index in [1.807, 2.05) is 32.0 Å². The van der Waals surface area contributed by atoms with Crippen molar-refractivity contribution in [3.05, 3.63) is 70.5 Å². The maximum atomic E-state index is 12.1. The topological polar surface area (TPSA) is 101 Å². The highest BCUT2D eigenvalue weighted by atomic mass is 35.5. The minimum atomic E-state index is -0.585. The van der Waals surface area contributed by atoms with Crippen molar-refractivity contribution in [1.29, 1.82) is 0 Å². The average Bonchev–Trinajstić information content (AvgIpc) is 3.16. The first-order chi connectivity index (χ1) is 13.4. The lowest BCUT2D eigenvalue weighted by Crippen LogP contribution is -2.44. The summed E-state index contributed by atoms with van der Waals surface area (Å²) in [6, 6.07) is 12.9. The first-order valence-corrected chi connectivity index (χ1v) is 8.89. The lowest BCUT2D eigenvalue weighted by Gasteiger charge is -2.10. The summed E-state index contributed by atoms with van der Waals surface area (Å²) >= 11 is 6.10. The van der Waals surface area contributed by atoms with Gasteiger partial charge in [0, 0.05) is 5.69 Å². The third kappa shape index (κ3) is 4.66.